The van der Waals surface area contributed by atoms with Gasteiger partial charge in [0.1, 0.15) is 5.82 Å². The number of anilines is 1. The van der Waals surface area contributed by atoms with Crippen molar-refractivity contribution in [2.24, 2.45) is 11.8 Å². The van der Waals surface area contributed by atoms with E-state index in [0.29, 0.717) is 11.8 Å². The zero-order valence-electron chi connectivity index (χ0n) is 15.5. The molecule has 0 saturated carbocycles. The minimum atomic E-state index is 0.706. The van der Waals surface area contributed by atoms with Gasteiger partial charge in [0.2, 0.25) is 0 Å². The van der Waals surface area contributed by atoms with Gasteiger partial charge in [0.15, 0.2) is 5.65 Å². The van der Waals surface area contributed by atoms with Crippen LogP contribution in [0.1, 0.15) is 31.7 Å². The molecule has 0 amide bonds. The van der Waals surface area contributed by atoms with Crippen LogP contribution in [0.3, 0.4) is 0 Å². The van der Waals surface area contributed by atoms with Crippen LogP contribution in [0.4, 0.5) is 5.82 Å². The molecule has 1 aliphatic heterocycles. The highest BCUT2D eigenvalue weighted by Crippen LogP contribution is 2.32. The van der Waals surface area contributed by atoms with E-state index in [1.54, 1.807) is 0 Å². The standard InChI is InChI=1S/C21H26N4/c1-14-10-15(2)13-24(12-14)19-11-16(3)22-21-20(17(4)23-25(19)21)18-8-6-5-7-9-18/h5-9,11,14-15H,10,12-13H2,1-4H3. The predicted octanol–water partition coefficient (Wildman–Crippen LogP) is 4.50. The number of benzene rings is 1. The summed E-state index contributed by atoms with van der Waals surface area (Å²) in [5, 5.41) is 4.87. The maximum Gasteiger partial charge on any atom is 0.165 e. The molecular formula is C21H26N4. The van der Waals surface area contributed by atoms with Gasteiger partial charge >= 0.3 is 0 Å². The lowest BCUT2D eigenvalue weighted by molar-refractivity contribution is 0.354. The van der Waals surface area contributed by atoms with Gasteiger partial charge in [-0.1, -0.05) is 44.2 Å². The van der Waals surface area contributed by atoms with E-state index in [2.05, 4.69) is 67.4 Å². The first-order chi connectivity index (χ1) is 12.0. The van der Waals surface area contributed by atoms with Crippen LogP contribution in [0, 0.1) is 25.7 Å². The van der Waals surface area contributed by atoms with Gasteiger partial charge in [0, 0.05) is 30.4 Å². The van der Waals surface area contributed by atoms with Crippen LogP contribution in [0.25, 0.3) is 16.8 Å². The van der Waals surface area contributed by atoms with Gasteiger partial charge in [-0.15, -0.1) is 0 Å². The van der Waals surface area contributed by atoms with E-state index >= 15 is 0 Å². The SMILES string of the molecule is Cc1cc(N2CC(C)CC(C)C2)n2nc(C)c(-c3ccccc3)c2n1. The summed E-state index contributed by atoms with van der Waals surface area (Å²) in [5.41, 5.74) is 5.36. The van der Waals surface area contributed by atoms with Gasteiger partial charge in [-0.3, -0.25) is 0 Å². The fourth-order valence-electron chi connectivity index (χ4n) is 4.24. The molecule has 1 saturated heterocycles. The van der Waals surface area contributed by atoms with E-state index in [-0.39, 0.29) is 0 Å². The number of aromatic nitrogens is 3. The topological polar surface area (TPSA) is 33.4 Å². The van der Waals surface area contributed by atoms with Crippen LogP contribution in [0.5, 0.6) is 0 Å². The highest BCUT2D eigenvalue weighted by molar-refractivity contribution is 5.81. The second kappa shape index (κ2) is 6.17. The minimum Gasteiger partial charge on any atom is -0.356 e. The van der Waals surface area contributed by atoms with Crippen molar-refractivity contribution in [2.75, 3.05) is 18.0 Å². The van der Waals surface area contributed by atoms with E-state index in [0.717, 1.165) is 35.7 Å². The Labute approximate surface area is 149 Å². The smallest absolute Gasteiger partial charge is 0.165 e. The number of piperidine rings is 1. The van der Waals surface area contributed by atoms with Crippen molar-refractivity contribution in [3.05, 3.63) is 47.8 Å². The molecule has 2 atom stereocenters. The fourth-order valence-corrected chi connectivity index (χ4v) is 4.24. The second-order valence-electron chi connectivity index (χ2n) is 7.67. The average Bonchev–Trinajstić information content (AvgIpc) is 2.89. The maximum absolute atomic E-state index is 4.87. The Kier molecular flexibility index (Phi) is 3.98. The van der Waals surface area contributed by atoms with E-state index in [4.69, 9.17) is 10.1 Å². The highest BCUT2D eigenvalue weighted by Gasteiger charge is 2.25. The molecule has 0 spiro atoms. The summed E-state index contributed by atoms with van der Waals surface area (Å²) in [5.74, 6) is 2.58. The first-order valence-electron chi connectivity index (χ1n) is 9.20. The Morgan fingerprint density at radius 3 is 2.36 bits per heavy atom. The van der Waals surface area contributed by atoms with Crippen molar-refractivity contribution in [1.82, 2.24) is 14.6 Å². The molecule has 0 bridgehead atoms. The van der Waals surface area contributed by atoms with E-state index < -0.39 is 0 Å². The van der Waals surface area contributed by atoms with Gasteiger partial charge in [-0.25, -0.2) is 4.98 Å². The van der Waals surface area contributed by atoms with Crippen molar-refractivity contribution in [3.63, 3.8) is 0 Å². The lowest BCUT2D eigenvalue weighted by Crippen LogP contribution is -2.39. The molecule has 2 unspecified atom stereocenters. The summed E-state index contributed by atoms with van der Waals surface area (Å²) in [4.78, 5) is 7.33. The van der Waals surface area contributed by atoms with E-state index in [1.807, 2.05) is 6.07 Å². The van der Waals surface area contributed by atoms with Crippen LogP contribution in [-0.4, -0.2) is 27.7 Å². The molecule has 3 aromatic rings. The maximum atomic E-state index is 4.87. The third kappa shape index (κ3) is 2.90. The Morgan fingerprint density at radius 1 is 1.00 bits per heavy atom. The summed E-state index contributed by atoms with van der Waals surface area (Å²) in [6, 6.07) is 12.6. The molecule has 4 heteroatoms. The van der Waals surface area contributed by atoms with Gasteiger partial charge in [0.25, 0.3) is 0 Å². The molecule has 0 aliphatic carbocycles. The molecule has 0 N–H and O–H groups in total. The summed E-state index contributed by atoms with van der Waals surface area (Å²) >= 11 is 0. The summed E-state index contributed by atoms with van der Waals surface area (Å²) < 4.78 is 2.05. The zero-order valence-corrected chi connectivity index (χ0v) is 15.5. The van der Waals surface area contributed by atoms with Crippen LogP contribution in [-0.2, 0) is 0 Å². The van der Waals surface area contributed by atoms with Crippen molar-refractivity contribution in [2.45, 2.75) is 34.1 Å². The Hall–Kier alpha value is -2.36. The Balaban J connectivity index is 1.90. The molecular weight excluding hydrogens is 308 g/mol. The van der Waals surface area contributed by atoms with Crippen LogP contribution < -0.4 is 4.90 Å². The predicted molar refractivity (Wildman–Crippen MR) is 103 cm³/mol. The average molecular weight is 334 g/mol. The zero-order chi connectivity index (χ0) is 17.6. The van der Waals surface area contributed by atoms with Crippen LogP contribution in [0.2, 0.25) is 0 Å². The van der Waals surface area contributed by atoms with Crippen molar-refractivity contribution in [3.8, 4) is 11.1 Å². The Bertz CT molecular complexity index is 887. The molecule has 4 rings (SSSR count). The lowest BCUT2D eigenvalue weighted by Gasteiger charge is -2.36. The monoisotopic (exact) mass is 334 g/mol. The normalized spacial score (nSPS) is 21.0. The summed E-state index contributed by atoms with van der Waals surface area (Å²) in [6.07, 6.45) is 1.30. The van der Waals surface area contributed by atoms with Crippen molar-refractivity contribution < 1.29 is 0 Å². The molecule has 25 heavy (non-hydrogen) atoms. The molecule has 0 radical (unpaired) electrons. The molecule has 1 fully saturated rings. The van der Waals surface area contributed by atoms with Crippen molar-refractivity contribution >= 4 is 11.5 Å². The molecule has 2 aromatic heterocycles. The minimum absolute atomic E-state index is 0.706. The number of aryl methyl sites for hydroxylation is 2. The van der Waals surface area contributed by atoms with Crippen molar-refractivity contribution in [1.29, 1.82) is 0 Å². The van der Waals surface area contributed by atoms with Gasteiger partial charge in [0.05, 0.1) is 5.69 Å². The number of fused-ring (bicyclic) bond motifs is 1. The van der Waals surface area contributed by atoms with Gasteiger partial charge in [-0.05, 0) is 37.7 Å². The van der Waals surface area contributed by atoms with Crippen LogP contribution in [0.15, 0.2) is 36.4 Å². The Morgan fingerprint density at radius 2 is 1.68 bits per heavy atom. The molecule has 3 heterocycles. The fraction of sp³-hybridized carbons (Fsp3) is 0.429. The van der Waals surface area contributed by atoms with E-state index in [9.17, 15) is 0 Å². The molecule has 1 aliphatic rings. The summed E-state index contributed by atoms with van der Waals surface area (Å²) in [6.45, 7) is 11.0. The first-order valence-corrected chi connectivity index (χ1v) is 9.20. The number of hydrogen-bond donors (Lipinski definition) is 0. The van der Waals surface area contributed by atoms with Gasteiger partial charge < -0.3 is 4.90 Å². The van der Waals surface area contributed by atoms with Crippen LogP contribution >= 0.6 is 0 Å². The highest BCUT2D eigenvalue weighted by atomic mass is 15.4. The molecule has 4 nitrogen and oxygen atoms in total. The largest absolute Gasteiger partial charge is 0.356 e. The first kappa shape index (κ1) is 16.1. The lowest BCUT2D eigenvalue weighted by atomic mass is 9.92. The number of rotatable bonds is 2. The van der Waals surface area contributed by atoms with Gasteiger partial charge in [-0.2, -0.15) is 9.61 Å². The second-order valence-corrected chi connectivity index (χ2v) is 7.67. The molecule has 1 aromatic carbocycles. The quantitative estimate of drug-likeness (QED) is 0.692. The third-order valence-corrected chi connectivity index (χ3v) is 5.13. The number of nitrogens with zero attached hydrogens (tertiary/aromatic N) is 4. The molecule has 130 valence electrons. The summed E-state index contributed by atoms with van der Waals surface area (Å²) in [7, 11) is 0. The number of hydrogen-bond acceptors (Lipinski definition) is 3. The van der Waals surface area contributed by atoms with E-state index in [1.165, 1.54) is 17.8 Å². The third-order valence-electron chi connectivity index (χ3n) is 5.13.